The number of carbonyl (C=O) groups excluding carboxylic acids is 1. The third-order valence-corrected chi connectivity index (χ3v) is 7.82. The van der Waals surface area contributed by atoms with Gasteiger partial charge in [-0.15, -0.1) is 0 Å². The van der Waals surface area contributed by atoms with Crippen molar-refractivity contribution in [1.82, 2.24) is 14.5 Å². The Morgan fingerprint density at radius 2 is 1.79 bits per heavy atom. The van der Waals surface area contributed by atoms with E-state index in [1.54, 1.807) is 4.90 Å². The van der Waals surface area contributed by atoms with Gasteiger partial charge >= 0.3 is 6.09 Å². The molecule has 184 valence electrons. The minimum Gasteiger partial charge on any atom is -0.444 e. The lowest BCUT2D eigenvalue weighted by Gasteiger charge is -2.36. The Labute approximate surface area is 203 Å². The van der Waals surface area contributed by atoms with Crippen molar-refractivity contribution in [3.05, 3.63) is 36.5 Å². The van der Waals surface area contributed by atoms with Crippen LogP contribution in [0.1, 0.15) is 20.8 Å². The molecule has 1 aliphatic heterocycles. The predicted molar refractivity (Wildman–Crippen MR) is 141 cm³/mol. The maximum absolute atomic E-state index is 12.4. The number of carbonyl (C=O) groups is 1. The van der Waals surface area contributed by atoms with Gasteiger partial charge in [0.1, 0.15) is 18.0 Å². The molecule has 0 spiro atoms. The molecule has 0 radical (unpaired) electrons. The van der Waals surface area contributed by atoms with Crippen LogP contribution < -0.4 is 4.90 Å². The average molecular weight is 483 g/mol. The van der Waals surface area contributed by atoms with Crippen molar-refractivity contribution in [2.45, 2.75) is 58.8 Å². The first kappa shape index (κ1) is 24.5. The van der Waals surface area contributed by atoms with Gasteiger partial charge in [0, 0.05) is 63.5 Å². The highest BCUT2D eigenvalue weighted by Gasteiger charge is 2.26. The van der Waals surface area contributed by atoms with E-state index in [-0.39, 0.29) is 6.09 Å². The minimum atomic E-state index is -1.13. The van der Waals surface area contributed by atoms with Gasteiger partial charge in [0.2, 0.25) is 0 Å². The lowest BCUT2D eigenvalue weighted by molar-refractivity contribution is 0.0240. The molecule has 3 heterocycles. The molecule has 1 saturated heterocycles. The number of rotatable bonds is 6. The van der Waals surface area contributed by atoms with Crippen molar-refractivity contribution in [1.29, 1.82) is 0 Å². The molecular weight excluding hydrogens is 444 g/mol. The van der Waals surface area contributed by atoms with Crippen LogP contribution in [-0.2, 0) is 16.2 Å². The second kappa shape index (κ2) is 9.58. The summed E-state index contributed by atoms with van der Waals surface area (Å²) in [4.78, 5) is 21.2. The van der Waals surface area contributed by atoms with Gasteiger partial charge in [-0.3, -0.25) is 0 Å². The molecule has 0 N–H and O–H groups in total. The number of fused-ring (bicyclic) bond motifs is 3. The standard InChI is InChI=1S/C26H38N4O3Si/c1-26(2,3)33-25(31)29-14-12-28(13-15-29)20-9-10-23-22(18-20)21-8-7-11-27-24(21)30(23)19-32-16-17-34(4,5)6/h7-11,18H,12-17,19H2,1-6H3. The molecule has 7 nitrogen and oxygen atoms in total. The monoisotopic (exact) mass is 482 g/mol. The maximum Gasteiger partial charge on any atom is 0.410 e. The molecule has 0 atom stereocenters. The van der Waals surface area contributed by atoms with Crippen molar-refractivity contribution < 1.29 is 14.3 Å². The number of piperazine rings is 1. The van der Waals surface area contributed by atoms with Crippen LogP contribution in [0.2, 0.25) is 25.7 Å². The molecule has 1 aromatic carbocycles. The van der Waals surface area contributed by atoms with Gasteiger partial charge in [-0.05, 0) is 57.1 Å². The lowest BCUT2D eigenvalue weighted by Crippen LogP contribution is -2.50. The number of pyridine rings is 1. The van der Waals surface area contributed by atoms with Crippen molar-refractivity contribution in [3.63, 3.8) is 0 Å². The summed E-state index contributed by atoms with van der Waals surface area (Å²) in [7, 11) is -1.13. The van der Waals surface area contributed by atoms with Gasteiger partial charge in [-0.2, -0.15) is 0 Å². The zero-order valence-corrected chi connectivity index (χ0v) is 22.4. The third kappa shape index (κ3) is 5.72. The lowest BCUT2D eigenvalue weighted by atomic mass is 10.1. The smallest absolute Gasteiger partial charge is 0.410 e. The Morgan fingerprint density at radius 3 is 2.47 bits per heavy atom. The Balaban J connectivity index is 1.51. The molecular formula is C26H38N4O3Si. The molecule has 8 heteroatoms. The first-order valence-electron chi connectivity index (χ1n) is 12.2. The molecule has 1 amide bonds. The van der Waals surface area contributed by atoms with Gasteiger partial charge < -0.3 is 23.8 Å². The van der Waals surface area contributed by atoms with Crippen molar-refractivity contribution in [2.24, 2.45) is 0 Å². The van der Waals surface area contributed by atoms with E-state index < -0.39 is 13.7 Å². The van der Waals surface area contributed by atoms with Gasteiger partial charge in [0.25, 0.3) is 0 Å². The summed E-state index contributed by atoms with van der Waals surface area (Å²) in [6.45, 7) is 17.0. The fourth-order valence-electron chi connectivity index (χ4n) is 4.25. The van der Waals surface area contributed by atoms with E-state index in [0.29, 0.717) is 19.8 Å². The largest absolute Gasteiger partial charge is 0.444 e. The molecule has 34 heavy (non-hydrogen) atoms. The number of hydrogen-bond acceptors (Lipinski definition) is 5. The third-order valence-electron chi connectivity index (χ3n) is 6.12. The number of benzene rings is 1. The molecule has 0 unspecified atom stereocenters. The summed E-state index contributed by atoms with van der Waals surface area (Å²) < 4.78 is 13.8. The molecule has 4 rings (SSSR count). The van der Waals surface area contributed by atoms with Gasteiger partial charge in [-0.1, -0.05) is 19.6 Å². The fourth-order valence-corrected chi connectivity index (χ4v) is 5.00. The second-order valence-corrected chi connectivity index (χ2v) is 16.9. The van der Waals surface area contributed by atoms with Crippen molar-refractivity contribution in [2.75, 3.05) is 37.7 Å². The second-order valence-electron chi connectivity index (χ2n) is 11.3. The van der Waals surface area contributed by atoms with Crippen LogP contribution in [0.4, 0.5) is 10.5 Å². The molecule has 2 aromatic heterocycles. The number of hydrogen-bond donors (Lipinski definition) is 0. The van der Waals surface area contributed by atoms with Gasteiger partial charge in [-0.25, -0.2) is 9.78 Å². The molecule has 0 saturated carbocycles. The number of nitrogens with zero attached hydrogens (tertiary/aromatic N) is 4. The topological polar surface area (TPSA) is 59.8 Å². The van der Waals surface area contributed by atoms with Crippen LogP contribution in [0.3, 0.4) is 0 Å². The van der Waals surface area contributed by atoms with E-state index in [2.05, 4.69) is 58.4 Å². The van der Waals surface area contributed by atoms with Crippen LogP contribution in [0, 0.1) is 0 Å². The van der Waals surface area contributed by atoms with E-state index >= 15 is 0 Å². The Kier molecular flexibility index (Phi) is 6.91. The minimum absolute atomic E-state index is 0.231. The fraction of sp³-hybridized carbons (Fsp3) is 0.538. The summed E-state index contributed by atoms with van der Waals surface area (Å²) in [5, 5.41) is 2.32. The molecule has 1 fully saturated rings. The van der Waals surface area contributed by atoms with Crippen molar-refractivity contribution >= 4 is 41.8 Å². The first-order chi connectivity index (χ1) is 16.0. The van der Waals surface area contributed by atoms with Gasteiger partial charge in [0.15, 0.2) is 0 Å². The Bertz CT molecular complexity index is 1150. The number of aromatic nitrogens is 2. The summed E-state index contributed by atoms with van der Waals surface area (Å²) in [5.41, 5.74) is 2.79. The first-order valence-corrected chi connectivity index (χ1v) is 15.9. The molecule has 0 aliphatic carbocycles. The van der Waals surface area contributed by atoms with E-state index in [1.807, 2.05) is 33.0 Å². The van der Waals surface area contributed by atoms with E-state index in [1.165, 1.54) is 11.1 Å². The van der Waals surface area contributed by atoms with Crippen molar-refractivity contribution in [3.8, 4) is 0 Å². The Morgan fingerprint density at radius 1 is 1.06 bits per heavy atom. The quantitative estimate of drug-likeness (QED) is 0.340. The van der Waals surface area contributed by atoms with Crippen LogP contribution in [0.15, 0.2) is 36.5 Å². The summed E-state index contributed by atoms with van der Waals surface area (Å²) in [6.07, 6.45) is 1.61. The maximum atomic E-state index is 12.4. The number of ether oxygens (including phenoxy) is 2. The average Bonchev–Trinajstić information content (AvgIpc) is 3.08. The summed E-state index contributed by atoms with van der Waals surface area (Å²) in [6, 6.07) is 11.9. The Hall–Kier alpha value is -2.58. The molecule has 0 bridgehead atoms. The zero-order chi connectivity index (χ0) is 24.5. The summed E-state index contributed by atoms with van der Waals surface area (Å²) in [5.74, 6) is 0. The highest BCUT2D eigenvalue weighted by Crippen LogP contribution is 2.31. The van der Waals surface area contributed by atoms with E-state index in [9.17, 15) is 4.79 Å². The molecule has 1 aliphatic rings. The van der Waals surface area contributed by atoms with Crippen LogP contribution in [0.5, 0.6) is 0 Å². The number of amides is 1. The normalized spacial score (nSPS) is 15.4. The number of anilines is 1. The SMILES string of the molecule is CC(C)(C)OC(=O)N1CCN(c2ccc3c(c2)c2cccnc2n3COCC[Si](C)(C)C)CC1. The van der Waals surface area contributed by atoms with Crippen LogP contribution >= 0.6 is 0 Å². The van der Waals surface area contributed by atoms with Crippen LogP contribution in [0.25, 0.3) is 21.9 Å². The highest BCUT2D eigenvalue weighted by molar-refractivity contribution is 6.76. The van der Waals surface area contributed by atoms with Crippen LogP contribution in [-0.4, -0.2) is 67.0 Å². The predicted octanol–water partition coefficient (Wildman–Crippen LogP) is 5.56. The highest BCUT2D eigenvalue weighted by atomic mass is 28.3. The van der Waals surface area contributed by atoms with E-state index in [0.717, 1.165) is 42.3 Å². The zero-order valence-electron chi connectivity index (χ0n) is 21.4. The van der Waals surface area contributed by atoms with E-state index in [4.69, 9.17) is 9.47 Å². The summed E-state index contributed by atoms with van der Waals surface area (Å²) >= 11 is 0. The molecule has 3 aromatic rings. The van der Waals surface area contributed by atoms with Gasteiger partial charge in [0.05, 0.1) is 5.52 Å².